The molecule has 0 fully saturated rings. The quantitative estimate of drug-likeness (QED) is 0.822. The lowest BCUT2D eigenvalue weighted by atomic mass is 10.1. The molecule has 2 rings (SSSR count). The van der Waals surface area contributed by atoms with Gasteiger partial charge in [-0.15, -0.1) is 0 Å². The summed E-state index contributed by atoms with van der Waals surface area (Å²) in [5, 5.41) is 0. The van der Waals surface area contributed by atoms with E-state index in [-0.39, 0.29) is 0 Å². The molecule has 0 saturated heterocycles. The molecule has 0 spiro atoms. The van der Waals surface area contributed by atoms with Gasteiger partial charge in [-0.05, 0) is 43.5 Å². The van der Waals surface area contributed by atoms with Crippen LogP contribution >= 0.6 is 15.9 Å². The molecule has 0 atom stereocenters. The molecule has 0 amide bonds. The Labute approximate surface area is 122 Å². The average molecular weight is 323 g/mol. The van der Waals surface area contributed by atoms with Crippen LogP contribution in [0, 0.1) is 13.8 Å². The predicted molar refractivity (Wildman–Crippen MR) is 80.5 cm³/mol. The van der Waals surface area contributed by atoms with Gasteiger partial charge >= 0.3 is 0 Å². The van der Waals surface area contributed by atoms with E-state index < -0.39 is 0 Å². The predicted octanol–water partition coefficient (Wildman–Crippen LogP) is 4.25. The summed E-state index contributed by atoms with van der Waals surface area (Å²) < 4.78 is 9.16. The number of aromatic nitrogens is 2. The van der Waals surface area contributed by atoms with E-state index >= 15 is 0 Å². The highest BCUT2D eigenvalue weighted by Crippen LogP contribution is 2.26. The van der Waals surface area contributed by atoms with Crippen LogP contribution < -0.4 is 4.74 Å². The van der Waals surface area contributed by atoms with Gasteiger partial charge in [0.1, 0.15) is 12.4 Å². The van der Waals surface area contributed by atoms with Gasteiger partial charge < -0.3 is 9.30 Å². The molecule has 0 bridgehead atoms. The third-order valence-electron chi connectivity index (χ3n) is 3.06. The van der Waals surface area contributed by atoms with Gasteiger partial charge in [-0.3, -0.25) is 0 Å². The average Bonchev–Trinajstić information content (AvgIpc) is 2.81. The summed E-state index contributed by atoms with van der Waals surface area (Å²) in [6.45, 7) is 7.85. The van der Waals surface area contributed by atoms with Crippen molar-refractivity contribution in [2.75, 3.05) is 0 Å². The molecular weight excluding hydrogens is 304 g/mol. The molecule has 1 aromatic carbocycles. The third kappa shape index (κ3) is 3.38. The lowest BCUT2D eigenvalue weighted by Crippen LogP contribution is -2.05. The summed E-state index contributed by atoms with van der Waals surface area (Å²) in [4.78, 5) is 4.18. The number of benzene rings is 1. The van der Waals surface area contributed by atoms with Crippen LogP contribution in [-0.4, -0.2) is 9.55 Å². The molecule has 0 aliphatic heterocycles. The van der Waals surface area contributed by atoms with Crippen LogP contribution in [0.2, 0.25) is 0 Å². The molecule has 1 aromatic heterocycles. The first-order chi connectivity index (χ1) is 9.11. The Morgan fingerprint density at radius 3 is 2.58 bits per heavy atom. The van der Waals surface area contributed by atoms with E-state index in [1.54, 1.807) is 0 Å². The van der Waals surface area contributed by atoms with Gasteiger partial charge in [0.15, 0.2) is 0 Å². The number of imidazole rings is 1. The van der Waals surface area contributed by atoms with Crippen molar-refractivity contribution in [3.8, 4) is 5.75 Å². The van der Waals surface area contributed by atoms with E-state index in [0.717, 1.165) is 28.9 Å². The maximum Gasteiger partial charge on any atom is 0.130 e. The SMILES string of the molecule is CCCn1cncc1COc1cc(C)c(Br)c(C)c1. The molecule has 1 heterocycles. The molecule has 19 heavy (non-hydrogen) atoms. The van der Waals surface area contributed by atoms with Crippen LogP contribution in [0.5, 0.6) is 5.75 Å². The molecule has 0 radical (unpaired) electrons. The lowest BCUT2D eigenvalue weighted by molar-refractivity contribution is 0.294. The van der Waals surface area contributed by atoms with Gasteiger partial charge in [0.05, 0.1) is 18.2 Å². The summed E-state index contributed by atoms with van der Waals surface area (Å²) >= 11 is 3.57. The van der Waals surface area contributed by atoms with Crippen molar-refractivity contribution in [1.29, 1.82) is 0 Å². The zero-order valence-corrected chi connectivity index (χ0v) is 13.2. The van der Waals surface area contributed by atoms with Crippen LogP contribution in [0.15, 0.2) is 29.1 Å². The number of hydrogen-bond acceptors (Lipinski definition) is 2. The number of aryl methyl sites for hydroxylation is 3. The maximum absolute atomic E-state index is 5.87. The Morgan fingerprint density at radius 2 is 1.95 bits per heavy atom. The normalized spacial score (nSPS) is 10.7. The van der Waals surface area contributed by atoms with Gasteiger partial charge in [0.25, 0.3) is 0 Å². The summed E-state index contributed by atoms with van der Waals surface area (Å²) in [5.41, 5.74) is 3.49. The van der Waals surface area contributed by atoms with Crippen LogP contribution in [0.1, 0.15) is 30.2 Å². The fourth-order valence-electron chi connectivity index (χ4n) is 2.06. The Hall–Kier alpha value is -1.29. The van der Waals surface area contributed by atoms with Crippen molar-refractivity contribution in [1.82, 2.24) is 9.55 Å². The summed E-state index contributed by atoms with van der Waals surface area (Å²) in [7, 11) is 0. The first kappa shape index (κ1) is 14.1. The highest BCUT2D eigenvalue weighted by molar-refractivity contribution is 9.10. The smallest absolute Gasteiger partial charge is 0.130 e. The highest BCUT2D eigenvalue weighted by Gasteiger charge is 2.05. The molecular formula is C15H19BrN2O. The van der Waals surface area contributed by atoms with E-state index in [2.05, 4.69) is 58.4 Å². The second-order valence-electron chi connectivity index (χ2n) is 4.74. The van der Waals surface area contributed by atoms with Gasteiger partial charge in [-0.1, -0.05) is 22.9 Å². The van der Waals surface area contributed by atoms with Crippen molar-refractivity contribution in [3.63, 3.8) is 0 Å². The molecule has 0 N–H and O–H groups in total. The number of rotatable bonds is 5. The standard InChI is InChI=1S/C15H19BrN2O/c1-4-5-18-10-17-8-13(18)9-19-14-6-11(2)15(16)12(3)7-14/h6-8,10H,4-5,9H2,1-3H3. The molecule has 0 aliphatic carbocycles. The van der Waals surface area contributed by atoms with E-state index in [9.17, 15) is 0 Å². The minimum atomic E-state index is 0.556. The van der Waals surface area contributed by atoms with Crippen molar-refractivity contribution >= 4 is 15.9 Å². The molecule has 0 saturated carbocycles. The fourth-order valence-corrected chi connectivity index (χ4v) is 2.29. The first-order valence-corrected chi connectivity index (χ1v) is 7.29. The van der Waals surface area contributed by atoms with Crippen LogP contribution in [0.3, 0.4) is 0 Å². The van der Waals surface area contributed by atoms with Crippen molar-refractivity contribution in [2.45, 2.75) is 40.3 Å². The largest absolute Gasteiger partial charge is 0.487 e. The molecule has 102 valence electrons. The monoisotopic (exact) mass is 322 g/mol. The van der Waals surface area contributed by atoms with Crippen LogP contribution in [0.25, 0.3) is 0 Å². The van der Waals surface area contributed by atoms with E-state index in [1.165, 1.54) is 11.1 Å². The second kappa shape index (κ2) is 6.24. The van der Waals surface area contributed by atoms with Crippen LogP contribution in [0.4, 0.5) is 0 Å². The minimum Gasteiger partial charge on any atom is -0.487 e. The number of hydrogen-bond donors (Lipinski definition) is 0. The third-order valence-corrected chi connectivity index (χ3v) is 4.31. The Balaban J connectivity index is 2.08. The Kier molecular flexibility index (Phi) is 4.64. The van der Waals surface area contributed by atoms with Crippen molar-refractivity contribution in [3.05, 3.63) is 46.0 Å². The Morgan fingerprint density at radius 1 is 1.26 bits per heavy atom. The summed E-state index contributed by atoms with van der Waals surface area (Å²) in [6.07, 6.45) is 4.83. The first-order valence-electron chi connectivity index (χ1n) is 6.50. The van der Waals surface area contributed by atoms with Gasteiger partial charge in [0, 0.05) is 11.0 Å². The molecule has 0 unspecified atom stereocenters. The van der Waals surface area contributed by atoms with Gasteiger partial charge in [0.2, 0.25) is 0 Å². The second-order valence-corrected chi connectivity index (χ2v) is 5.53. The van der Waals surface area contributed by atoms with Gasteiger partial charge in [-0.2, -0.15) is 0 Å². The fraction of sp³-hybridized carbons (Fsp3) is 0.400. The molecule has 2 aromatic rings. The van der Waals surface area contributed by atoms with E-state index in [1.807, 2.05) is 12.5 Å². The molecule has 4 heteroatoms. The summed E-state index contributed by atoms with van der Waals surface area (Å²) in [6, 6.07) is 4.11. The molecule has 0 aliphatic rings. The zero-order valence-electron chi connectivity index (χ0n) is 11.6. The maximum atomic E-state index is 5.87. The zero-order chi connectivity index (χ0) is 13.8. The summed E-state index contributed by atoms with van der Waals surface area (Å²) in [5.74, 6) is 0.905. The number of halogens is 1. The number of nitrogens with zero attached hydrogens (tertiary/aromatic N) is 2. The van der Waals surface area contributed by atoms with E-state index in [4.69, 9.17) is 4.74 Å². The van der Waals surface area contributed by atoms with Crippen molar-refractivity contribution in [2.24, 2.45) is 0 Å². The Bertz CT molecular complexity index is 540. The minimum absolute atomic E-state index is 0.556. The van der Waals surface area contributed by atoms with Crippen LogP contribution in [-0.2, 0) is 13.2 Å². The molecule has 3 nitrogen and oxygen atoms in total. The van der Waals surface area contributed by atoms with E-state index in [0.29, 0.717) is 6.61 Å². The van der Waals surface area contributed by atoms with Gasteiger partial charge in [-0.25, -0.2) is 4.98 Å². The lowest BCUT2D eigenvalue weighted by Gasteiger charge is -2.11. The highest BCUT2D eigenvalue weighted by atomic mass is 79.9. The number of ether oxygens (including phenoxy) is 1. The topological polar surface area (TPSA) is 27.1 Å². The van der Waals surface area contributed by atoms with Crippen molar-refractivity contribution < 1.29 is 4.74 Å².